The Morgan fingerprint density at radius 2 is 1.12 bits per heavy atom. The van der Waals surface area contributed by atoms with Gasteiger partial charge in [0.15, 0.2) is 0 Å². The quantitative estimate of drug-likeness (QED) is 0.454. The highest BCUT2D eigenvalue weighted by Gasteiger charge is 2.02. The van der Waals surface area contributed by atoms with Crippen molar-refractivity contribution in [1.82, 2.24) is 0 Å². The molecule has 0 rings (SSSR count). The van der Waals surface area contributed by atoms with Gasteiger partial charge in [-0.1, -0.05) is 44.9 Å². The first-order valence-electron chi connectivity index (χ1n) is 6.07. The Morgan fingerprint density at radius 1 is 0.750 bits per heavy atom. The van der Waals surface area contributed by atoms with E-state index < -0.39 is 10.1 Å². The van der Waals surface area contributed by atoms with Crippen molar-refractivity contribution < 1.29 is 17.4 Å². The Balaban J connectivity index is 3.05. The van der Waals surface area contributed by atoms with Crippen molar-refractivity contribution in [2.75, 3.05) is 12.4 Å². The molecule has 0 aliphatic heterocycles. The molecule has 16 heavy (non-hydrogen) atoms. The van der Waals surface area contributed by atoms with E-state index in [9.17, 15) is 12.8 Å². The maximum absolute atomic E-state index is 11.7. The second-order valence-electron chi connectivity index (χ2n) is 4.16. The summed E-state index contributed by atoms with van der Waals surface area (Å²) in [4.78, 5) is 0. The van der Waals surface area contributed by atoms with Gasteiger partial charge < -0.3 is 0 Å². The van der Waals surface area contributed by atoms with Crippen molar-refractivity contribution in [1.29, 1.82) is 0 Å². The van der Waals surface area contributed by atoms with Gasteiger partial charge in [-0.25, -0.2) is 0 Å². The Hall–Kier alpha value is -0.160. The SMILES string of the molecule is O=S(=O)(O)CCCCCCCCCCCF. The van der Waals surface area contributed by atoms with Crippen molar-refractivity contribution in [3.05, 3.63) is 0 Å². The summed E-state index contributed by atoms with van der Waals surface area (Å²) in [6.45, 7) is -0.213. The Bertz CT molecular complexity index is 240. The van der Waals surface area contributed by atoms with E-state index in [1.807, 2.05) is 0 Å². The van der Waals surface area contributed by atoms with Crippen LogP contribution in [0.3, 0.4) is 0 Å². The van der Waals surface area contributed by atoms with Gasteiger partial charge in [0, 0.05) is 0 Å². The fourth-order valence-corrected chi connectivity index (χ4v) is 2.19. The molecule has 0 aromatic rings. The van der Waals surface area contributed by atoms with E-state index in [1.54, 1.807) is 0 Å². The van der Waals surface area contributed by atoms with Crippen LogP contribution in [0.25, 0.3) is 0 Å². The van der Waals surface area contributed by atoms with Gasteiger partial charge in [0.1, 0.15) is 0 Å². The largest absolute Gasteiger partial charge is 0.286 e. The minimum atomic E-state index is -3.77. The molecule has 0 fully saturated rings. The van der Waals surface area contributed by atoms with E-state index in [-0.39, 0.29) is 12.4 Å². The Labute approximate surface area is 98.2 Å². The molecule has 0 unspecified atom stereocenters. The molecule has 98 valence electrons. The molecule has 0 aromatic heterocycles. The van der Waals surface area contributed by atoms with Crippen LogP contribution in [0.2, 0.25) is 0 Å². The van der Waals surface area contributed by atoms with Crippen LogP contribution in [0.5, 0.6) is 0 Å². The van der Waals surface area contributed by atoms with Gasteiger partial charge in [0.05, 0.1) is 12.4 Å². The molecule has 3 nitrogen and oxygen atoms in total. The normalized spacial score (nSPS) is 11.9. The highest BCUT2D eigenvalue weighted by molar-refractivity contribution is 7.85. The topological polar surface area (TPSA) is 54.4 Å². The predicted molar refractivity (Wildman–Crippen MR) is 63.9 cm³/mol. The maximum atomic E-state index is 11.7. The molecule has 0 bridgehead atoms. The third kappa shape index (κ3) is 13.8. The third-order valence-electron chi connectivity index (χ3n) is 2.54. The van der Waals surface area contributed by atoms with Crippen LogP contribution < -0.4 is 0 Å². The van der Waals surface area contributed by atoms with Crippen LogP contribution in [-0.2, 0) is 10.1 Å². The number of halogens is 1. The average Bonchev–Trinajstić information content (AvgIpc) is 2.19. The third-order valence-corrected chi connectivity index (χ3v) is 3.34. The first-order valence-corrected chi connectivity index (χ1v) is 7.68. The lowest BCUT2D eigenvalue weighted by atomic mass is 10.1. The summed E-state index contributed by atoms with van der Waals surface area (Å²) in [5.41, 5.74) is 0. The second-order valence-corrected chi connectivity index (χ2v) is 5.73. The molecular formula is C11H23FO3S. The molecule has 0 saturated carbocycles. The lowest BCUT2D eigenvalue weighted by Crippen LogP contribution is -2.03. The van der Waals surface area contributed by atoms with Crippen molar-refractivity contribution in [3.8, 4) is 0 Å². The number of rotatable bonds is 11. The summed E-state index contributed by atoms with van der Waals surface area (Å²) < 4.78 is 41.0. The molecule has 0 saturated heterocycles. The fourth-order valence-electron chi connectivity index (χ4n) is 1.62. The van der Waals surface area contributed by atoms with Gasteiger partial charge in [-0.15, -0.1) is 0 Å². The Morgan fingerprint density at radius 3 is 1.50 bits per heavy atom. The molecule has 0 amide bonds. The molecule has 0 spiro atoms. The van der Waals surface area contributed by atoms with Crippen molar-refractivity contribution in [2.45, 2.75) is 57.8 Å². The highest BCUT2D eigenvalue weighted by Crippen LogP contribution is 2.10. The monoisotopic (exact) mass is 254 g/mol. The predicted octanol–water partition coefficient (Wildman–Crippen LogP) is 3.35. The van der Waals surface area contributed by atoms with Crippen LogP contribution in [0.1, 0.15) is 57.8 Å². The number of unbranched alkanes of at least 4 members (excludes halogenated alkanes) is 8. The van der Waals surface area contributed by atoms with Gasteiger partial charge in [0.2, 0.25) is 0 Å². The van der Waals surface area contributed by atoms with E-state index in [4.69, 9.17) is 4.55 Å². The standard InChI is InChI=1S/C11H23FO3S/c12-10-8-6-4-2-1-3-5-7-9-11-16(13,14)15/h1-11H2,(H,13,14,15). The van der Waals surface area contributed by atoms with E-state index in [2.05, 4.69) is 0 Å². The van der Waals surface area contributed by atoms with E-state index in [0.29, 0.717) is 12.8 Å². The molecule has 0 aliphatic carbocycles. The molecular weight excluding hydrogens is 231 g/mol. The highest BCUT2D eigenvalue weighted by atomic mass is 32.2. The fraction of sp³-hybridized carbons (Fsp3) is 1.00. The first kappa shape index (κ1) is 15.8. The summed E-state index contributed by atoms with van der Waals surface area (Å²) >= 11 is 0. The van der Waals surface area contributed by atoms with Crippen molar-refractivity contribution >= 4 is 10.1 Å². The molecule has 5 heteroatoms. The summed E-state index contributed by atoms with van der Waals surface area (Å²) in [5, 5.41) is 0. The zero-order chi connectivity index (χ0) is 12.3. The van der Waals surface area contributed by atoms with E-state index in [0.717, 1.165) is 44.9 Å². The average molecular weight is 254 g/mol. The van der Waals surface area contributed by atoms with E-state index in [1.165, 1.54) is 0 Å². The van der Waals surface area contributed by atoms with Crippen LogP contribution in [0, 0.1) is 0 Å². The number of hydrogen-bond acceptors (Lipinski definition) is 2. The van der Waals surface area contributed by atoms with Crippen molar-refractivity contribution in [3.63, 3.8) is 0 Å². The molecule has 0 aromatic carbocycles. The minimum Gasteiger partial charge on any atom is -0.286 e. The van der Waals surface area contributed by atoms with Gasteiger partial charge in [-0.3, -0.25) is 8.94 Å². The van der Waals surface area contributed by atoms with Gasteiger partial charge >= 0.3 is 0 Å². The molecule has 0 atom stereocenters. The number of alkyl halides is 1. The van der Waals surface area contributed by atoms with Crippen LogP contribution >= 0.6 is 0 Å². The first-order chi connectivity index (χ1) is 7.56. The van der Waals surface area contributed by atoms with E-state index >= 15 is 0 Å². The summed E-state index contributed by atoms with van der Waals surface area (Å²) in [6, 6.07) is 0. The van der Waals surface area contributed by atoms with Gasteiger partial charge in [-0.2, -0.15) is 8.42 Å². The maximum Gasteiger partial charge on any atom is 0.264 e. The molecule has 0 heterocycles. The smallest absolute Gasteiger partial charge is 0.264 e. The lowest BCUT2D eigenvalue weighted by molar-refractivity contribution is 0.448. The number of hydrogen-bond donors (Lipinski definition) is 1. The molecule has 0 radical (unpaired) electrons. The molecule has 1 N–H and O–H groups in total. The summed E-state index contributed by atoms with van der Waals surface area (Å²) in [6.07, 6.45) is 8.52. The van der Waals surface area contributed by atoms with Crippen molar-refractivity contribution in [2.24, 2.45) is 0 Å². The van der Waals surface area contributed by atoms with Crippen LogP contribution in [0.4, 0.5) is 4.39 Å². The Kier molecular flexibility index (Phi) is 9.92. The zero-order valence-electron chi connectivity index (χ0n) is 9.83. The van der Waals surface area contributed by atoms with Gasteiger partial charge in [0.25, 0.3) is 10.1 Å². The lowest BCUT2D eigenvalue weighted by Gasteiger charge is -2.01. The van der Waals surface area contributed by atoms with Gasteiger partial charge in [-0.05, 0) is 12.8 Å². The van der Waals surface area contributed by atoms with Crippen LogP contribution in [0.15, 0.2) is 0 Å². The summed E-state index contributed by atoms with van der Waals surface area (Å²) in [5.74, 6) is -0.122. The second kappa shape index (κ2) is 10.0. The van der Waals surface area contributed by atoms with Crippen LogP contribution in [-0.4, -0.2) is 25.4 Å². The molecule has 0 aliphatic rings. The minimum absolute atomic E-state index is 0.122. The zero-order valence-corrected chi connectivity index (χ0v) is 10.6. The summed E-state index contributed by atoms with van der Waals surface area (Å²) in [7, 11) is -3.77.